The lowest BCUT2D eigenvalue weighted by Gasteiger charge is -2.08. The Balaban J connectivity index is 3.60. The van der Waals surface area contributed by atoms with Crippen LogP contribution in [0.15, 0.2) is 0 Å². The van der Waals surface area contributed by atoms with Crippen molar-refractivity contribution in [3.63, 3.8) is 0 Å². The first-order valence-electron chi connectivity index (χ1n) is 2.91. The fourth-order valence-corrected chi connectivity index (χ4v) is 0.977. The number of hydrogen-bond donors (Lipinski definition) is 5. The van der Waals surface area contributed by atoms with Crippen LogP contribution < -0.4 is 5.30 Å². The van der Waals surface area contributed by atoms with Crippen molar-refractivity contribution in [2.75, 3.05) is 0 Å². The van der Waals surface area contributed by atoms with Crippen LogP contribution in [0, 0.1) is 0 Å². The van der Waals surface area contributed by atoms with E-state index in [1.165, 1.54) is 0 Å². The number of phenolic OH excluding ortho intramolecular Hbond substituents is 5. The minimum atomic E-state index is -0.948. The maximum Gasteiger partial charge on any atom is 0.208 e. The number of aromatic hydroxyl groups is 5. The maximum absolute atomic E-state index is 8.99. The summed E-state index contributed by atoms with van der Waals surface area (Å²) < 4.78 is 0. The second-order valence-electron chi connectivity index (χ2n) is 2.16. The number of hydrogen-bond acceptors (Lipinski definition) is 5. The second-order valence-corrected chi connectivity index (χ2v) is 2.73. The Morgan fingerprint density at radius 2 is 0.833 bits per heavy atom. The molecule has 0 heterocycles. The minimum absolute atomic E-state index is 0.178. The summed E-state index contributed by atoms with van der Waals surface area (Å²) in [6.45, 7) is 0. The lowest BCUT2D eigenvalue weighted by molar-refractivity contribution is 0.332. The normalized spacial score (nSPS) is 10.1. The van der Waals surface area contributed by atoms with Gasteiger partial charge in [-0.2, -0.15) is 0 Å². The molecule has 1 aromatic carbocycles. The summed E-state index contributed by atoms with van der Waals surface area (Å²) in [6.07, 6.45) is 0. The zero-order chi connectivity index (χ0) is 9.46. The molecule has 0 aliphatic carbocycles. The van der Waals surface area contributed by atoms with E-state index >= 15 is 0 Å². The third kappa shape index (κ3) is 0.987. The molecule has 12 heavy (non-hydrogen) atoms. The molecule has 0 bridgehead atoms. The van der Waals surface area contributed by atoms with Gasteiger partial charge in [0.25, 0.3) is 0 Å². The Labute approximate surface area is 69.7 Å². The highest BCUT2D eigenvalue weighted by Crippen LogP contribution is 2.46. The molecule has 5 N–H and O–H groups in total. The average molecular weight is 190 g/mol. The highest BCUT2D eigenvalue weighted by molar-refractivity contribution is 7.28. The highest BCUT2D eigenvalue weighted by atomic mass is 31.0. The van der Waals surface area contributed by atoms with E-state index in [2.05, 4.69) is 0 Å². The molecule has 1 rings (SSSR count). The van der Waals surface area contributed by atoms with E-state index in [1.807, 2.05) is 9.24 Å². The van der Waals surface area contributed by atoms with Gasteiger partial charge in [-0.3, -0.25) is 0 Å². The first-order valence-corrected chi connectivity index (χ1v) is 3.48. The molecule has 1 aromatic rings. The SMILES string of the molecule is Oc1c(O)c(O)c(P)c(O)c1O. The summed E-state index contributed by atoms with van der Waals surface area (Å²) in [6, 6.07) is 0. The molecular weight excluding hydrogens is 183 g/mol. The predicted molar refractivity (Wildman–Crippen MR) is 44.1 cm³/mol. The van der Waals surface area contributed by atoms with E-state index in [0.717, 1.165) is 0 Å². The van der Waals surface area contributed by atoms with E-state index in [1.54, 1.807) is 0 Å². The summed E-state index contributed by atoms with van der Waals surface area (Å²) in [5.41, 5.74) is 0. The first kappa shape index (κ1) is 8.74. The molecule has 0 saturated heterocycles. The average Bonchev–Trinajstić information content (AvgIpc) is 2.08. The summed E-state index contributed by atoms with van der Waals surface area (Å²) in [4.78, 5) is 0. The lowest BCUT2D eigenvalue weighted by Crippen LogP contribution is -1.93. The van der Waals surface area contributed by atoms with Crippen LogP contribution in [0.2, 0.25) is 0 Å². The summed E-state index contributed by atoms with van der Waals surface area (Å²) >= 11 is 0. The van der Waals surface area contributed by atoms with Crippen LogP contribution in [0.5, 0.6) is 28.7 Å². The van der Waals surface area contributed by atoms with Gasteiger partial charge in [-0.25, -0.2) is 0 Å². The Kier molecular flexibility index (Phi) is 1.90. The number of benzene rings is 1. The van der Waals surface area contributed by atoms with Gasteiger partial charge in [0.05, 0.1) is 5.30 Å². The van der Waals surface area contributed by atoms with Gasteiger partial charge in [0, 0.05) is 0 Å². The Hall–Kier alpha value is -1.35. The summed E-state index contributed by atoms with van der Waals surface area (Å²) in [5.74, 6) is -4.05. The molecule has 0 amide bonds. The van der Waals surface area contributed by atoms with E-state index in [-0.39, 0.29) is 5.30 Å². The third-order valence-electron chi connectivity index (χ3n) is 1.41. The van der Waals surface area contributed by atoms with Crippen LogP contribution in [0.3, 0.4) is 0 Å². The van der Waals surface area contributed by atoms with Gasteiger partial charge in [-0.1, -0.05) is 9.24 Å². The number of phenols is 5. The van der Waals surface area contributed by atoms with Crippen molar-refractivity contribution < 1.29 is 25.5 Å². The maximum atomic E-state index is 8.99. The van der Waals surface area contributed by atoms with Crippen LogP contribution in [-0.4, -0.2) is 25.5 Å². The highest BCUT2D eigenvalue weighted by Gasteiger charge is 2.19. The van der Waals surface area contributed by atoms with Crippen LogP contribution in [0.4, 0.5) is 0 Å². The molecule has 0 aliphatic rings. The minimum Gasteiger partial charge on any atom is -0.504 e. The first-order chi connectivity index (χ1) is 5.46. The van der Waals surface area contributed by atoms with Gasteiger partial charge in [0.15, 0.2) is 11.5 Å². The molecule has 0 spiro atoms. The van der Waals surface area contributed by atoms with Crippen molar-refractivity contribution in [3.8, 4) is 28.7 Å². The van der Waals surface area contributed by atoms with Crippen LogP contribution in [0.25, 0.3) is 0 Å². The molecule has 66 valence electrons. The molecule has 1 unspecified atom stereocenters. The fraction of sp³-hybridized carbons (Fsp3) is 0. The van der Waals surface area contributed by atoms with Crippen LogP contribution in [-0.2, 0) is 0 Å². The Bertz CT molecular complexity index is 230. The lowest BCUT2D eigenvalue weighted by atomic mass is 10.2. The van der Waals surface area contributed by atoms with E-state index < -0.39 is 28.7 Å². The Morgan fingerprint density at radius 3 is 1.17 bits per heavy atom. The largest absolute Gasteiger partial charge is 0.504 e. The van der Waals surface area contributed by atoms with E-state index in [0.29, 0.717) is 0 Å². The Morgan fingerprint density at radius 1 is 0.583 bits per heavy atom. The van der Waals surface area contributed by atoms with Gasteiger partial charge >= 0.3 is 0 Å². The van der Waals surface area contributed by atoms with Crippen molar-refractivity contribution in [2.24, 2.45) is 0 Å². The van der Waals surface area contributed by atoms with Gasteiger partial charge in [0.2, 0.25) is 17.2 Å². The second kappa shape index (κ2) is 2.60. The fourth-order valence-electron chi connectivity index (χ4n) is 0.704. The summed E-state index contributed by atoms with van der Waals surface area (Å²) in [5, 5.41) is 44.5. The van der Waals surface area contributed by atoms with Gasteiger partial charge in [0.1, 0.15) is 0 Å². The molecular formula is C6H7O5P. The molecule has 0 radical (unpaired) electrons. The zero-order valence-electron chi connectivity index (χ0n) is 5.81. The third-order valence-corrected chi connectivity index (χ3v) is 1.95. The smallest absolute Gasteiger partial charge is 0.208 e. The molecule has 0 fully saturated rings. The quantitative estimate of drug-likeness (QED) is 0.220. The van der Waals surface area contributed by atoms with Crippen LogP contribution >= 0.6 is 9.24 Å². The zero-order valence-corrected chi connectivity index (χ0v) is 6.97. The van der Waals surface area contributed by atoms with Gasteiger partial charge in [-0.15, -0.1) is 0 Å². The van der Waals surface area contributed by atoms with Gasteiger partial charge < -0.3 is 25.5 Å². The van der Waals surface area contributed by atoms with Crippen LogP contribution in [0.1, 0.15) is 0 Å². The van der Waals surface area contributed by atoms with E-state index in [9.17, 15) is 0 Å². The molecule has 0 saturated carbocycles. The molecule has 0 aliphatic heterocycles. The molecule has 6 heteroatoms. The van der Waals surface area contributed by atoms with Crippen molar-refractivity contribution in [1.82, 2.24) is 0 Å². The van der Waals surface area contributed by atoms with Crippen molar-refractivity contribution >= 4 is 14.5 Å². The van der Waals surface area contributed by atoms with Crippen molar-refractivity contribution in [1.29, 1.82) is 0 Å². The molecule has 0 aromatic heterocycles. The molecule has 5 nitrogen and oxygen atoms in total. The van der Waals surface area contributed by atoms with Crippen molar-refractivity contribution in [3.05, 3.63) is 0 Å². The predicted octanol–water partition coefficient (Wildman–Crippen LogP) is -0.285. The standard InChI is InChI=1S/C6H7O5P/c7-1-2(8)4(10)6(12)5(11)3(1)9/h7-11H,12H2. The van der Waals surface area contributed by atoms with Gasteiger partial charge in [-0.05, 0) is 0 Å². The topological polar surface area (TPSA) is 101 Å². The monoisotopic (exact) mass is 190 g/mol. The summed E-state index contributed by atoms with van der Waals surface area (Å²) in [7, 11) is 1.90. The van der Waals surface area contributed by atoms with Crippen molar-refractivity contribution in [2.45, 2.75) is 0 Å². The molecule has 1 atom stereocenters. The number of rotatable bonds is 0. The van der Waals surface area contributed by atoms with E-state index in [4.69, 9.17) is 25.5 Å².